The molecule has 7 nitrogen and oxygen atoms in total. The number of amides is 1. The zero-order valence-corrected chi connectivity index (χ0v) is 13.5. The van der Waals surface area contributed by atoms with E-state index in [4.69, 9.17) is 4.42 Å². The Balaban J connectivity index is 1.52. The van der Waals surface area contributed by atoms with Crippen LogP contribution in [0, 0.1) is 12.8 Å². The SMILES string of the molecule is Cc1nonc1CNC(=O)c1ccc(CN2CCC(C)CC2)o1. The first kappa shape index (κ1) is 15.7. The molecule has 0 aromatic carbocycles. The quantitative estimate of drug-likeness (QED) is 0.909. The molecule has 1 N–H and O–H groups in total. The van der Waals surface area contributed by atoms with E-state index in [-0.39, 0.29) is 12.5 Å². The van der Waals surface area contributed by atoms with Gasteiger partial charge in [-0.05, 0) is 50.9 Å². The van der Waals surface area contributed by atoms with Crippen molar-refractivity contribution >= 4 is 5.91 Å². The van der Waals surface area contributed by atoms with Crippen LogP contribution in [-0.4, -0.2) is 34.2 Å². The van der Waals surface area contributed by atoms with Crippen LogP contribution in [0.15, 0.2) is 21.2 Å². The maximum absolute atomic E-state index is 12.1. The van der Waals surface area contributed by atoms with Gasteiger partial charge in [-0.15, -0.1) is 0 Å². The van der Waals surface area contributed by atoms with Crippen molar-refractivity contribution in [3.8, 4) is 0 Å². The van der Waals surface area contributed by atoms with Gasteiger partial charge in [0.1, 0.15) is 17.1 Å². The molecule has 3 heterocycles. The fourth-order valence-corrected chi connectivity index (χ4v) is 2.69. The Morgan fingerprint density at radius 2 is 2.13 bits per heavy atom. The van der Waals surface area contributed by atoms with Gasteiger partial charge in [-0.1, -0.05) is 17.2 Å². The smallest absolute Gasteiger partial charge is 0.287 e. The van der Waals surface area contributed by atoms with Crippen LogP contribution in [0.3, 0.4) is 0 Å². The average molecular weight is 318 g/mol. The number of rotatable bonds is 5. The second-order valence-corrected chi connectivity index (χ2v) is 6.20. The topological polar surface area (TPSA) is 84.4 Å². The van der Waals surface area contributed by atoms with Gasteiger partial charge in [0.25, 0.3) is 5.91 Å². The van der Waals surface area contributed by atoms with Crippen LogP contribution >= 0.6 is 0 Å². The van der Waals surface area contributed by atoms with Crippen molar-refractivity contribution < 1.29 is 13.8 Å². The lowest BCUT2D eigenvalue weighted by Gasteiger charge is -2.29. The summed E-state index contributed by atoms with van der Waals surface area (Å²) >= 11 is 0. The molecule has 0 atom stereocenters. The number of nitrogens with one attached hydrogen (secondary N) is 1. The molecule has 1 aliphatic rings. The Morgan fingerprint density at radius 1 is 1.35 bits per heavy atom. The number of furan rings is 1. The molecule has 0 radical (unpaired) electrons. The predicted molar refractivity (Wildman–Crippen MR) is 82.6 cm³/mol. The van der Waals surface area contributed by atoms with Crippen molar-refractivity contribution in [1.82, 2.24) is 20.5 Å². The number of hydrogen-bond acceptors (Lipinski definition) is 6. The summed E-state index contributed by atoms with van der Waals surface area (Å²) in [5, 5.41) is 10.2. The third kappa shape index (κ3) is 3.98. The number of aryl methyl sites for hydroxylation is 1. The van der Waals surface area contributed by atoms with Crippen LogP contribution in [0.4, 0.5) is 0 Å². The summed E-state index contributed by atoms with van der Waals surface area (Å²) in [6.07, 6.45) is 2.44. The Bertz CT molecular complexity index is 656. The molecular formula is C16H22N4O3. The van der Waals surface area contributed by atoms with E-state index in [0.29, 0.717) is 17.1 Å². The van der Waals surface area contributed by atoms with E-state index >= 15 is 0 Å². The highest BCUT2D eigenvalue weighted by Crippen LogP contribution is 2.19. The van der Waals surface area contributed by atoms with Crippen LogP contribution < -0.4 is 5.32 Å². The summed E-state index contributed by atoms with van der Waals surface area (Å²) in [6, 6.07) is 3.58. The predicted octanol–water partition coefficient (Wildman–Crippen LogP) is 2.13. The lowest BCUT2D eigenvalue weighted by atomic mass is 9.99. The lowest BCUT2D eigenvalue weighted by molar-refractivity contribution is 0.0917. The van der Waals surface area contributed by atoms with Crippen molar-refractivity contribution in [1.29, 1.82) is 0 Å². The minimum atomic E-state index is -0.258. The largest absolute Gasteiger partial charge is 0.455 e. The minimum absolute atomic E-state index is 0.258. The normalized spacial score (nSPS) is 16.6. The molecule has 0 bridgehead atoms. The van der Waals surface area contributed by atoms with Gasteiger partial charge in [-0.25, -0.2) is 4.63 Å². The first-order valence-corrected chi connectivity index (χ1v) is 7.99. The van der Waals surface area contributed by atoms with E-state index < -0.39 is 0 Å². The monoisotopic (exact) mass is 318 g/mol. The minimum Gasteiger partial charge on any atom is -0.455 e. The molecule has 2 aromatic heterocycles. The Labute approximate surface area is 135 Å². The second kappa shape index (κ2) is 6.95. The fraction of sp³-hybridized carbons (Fsp3) is 0.562. The lowest BCUT2D eigenvalue weighted by Crippen LogP contribution is -2.32. The molecule has 0 aliphatic carbocycles. The molecule has 0 spiro atoms. The Hall–Kier alpha value is -2.15. The third-order valence-electron chi connectivity index (χ3n) is 4.30. The highest BCUT2D eigenvalue weighted by molar-refractivity contribution is 5.91. The molecule has 3 rings (SSSR count). The van der Waals surface area contributed by atoms with Gasteiger partial charge in [0, 0.05) is 0 Å². The third-order valence-corrected chi connectivity index (χ3v) is 4.30. The van der Waals surface area contributed by atoms with Gasteiger partial charge in [0.05, 0.1) is 13.1 Å². The van der Waals surface area contributed by atoms with Gasteiger partial charge < -0.3 is 9.73 Å². The Morgan fingerprint density at radius 3 is 2.83 bits per heavy atom. The first-order chi connectivity index (χ1) is 11.1. The number of carbonyl (C=O) groups is 1. The molecule has 1 saturated heterocycles. The maximum Gasteiger partial charge on any atom is 0.287 e. The molecule has 1 amide bonds. The van der Waals surface area contributed by atoms with Gasteiger partial charge >= 0.3 is 0 Å². The number of hydrogen-bond donors (Lipinski definition) is 1. The summed E-state index contributed by atoms with van der Waals surface area (Å²) in [6.45, 7) is 7.27. The number of carbonyl (C=O) groups excluding carboxylic acids is 1. The van der Waals surface area contributed by atoms with E-state index in [1.807, 2.05) is 6.07 Å². The maximum atomic E-state index is 12.1. The molecule has 0 saturated carbocycles. The first-order valence-electron chi connectivity index (χ1n) is 7.99. The van der Waals surface area contributed by atoms with Crippen LogP contribution in [0.5, 0.6) is 0 Å². The standard InChI is InChI=1S/C16H22N4O3/c1-11-5-7-20(8-6-11)10-13-3-4-15(22-13)16(21)17-9-14-12(2)18-23-19-14/h3-4,11H,5-10H2,1-2H3,(H,17,21). The molecule has 2 aromatic rings. The molecule has 23 heavy (non-hydrogen) atoms. The van der Waals surface area contributed by atoms with Crippen molar-refractivity contribution in [3.63, 3.8) is 0 Å². The van der Waals surface area contributed by atoms with Crippen LogP contribution in [0.1, 0.15) is 47.5 Å². The van der Waals surface area contributed by atoms with Crippen molar-refractivity contribution in [3.05, 3.63) is 35.0 Å². The van der Waals surface area contributed by atoms with Gasteiger partial charge in [0.2, 0.25) is 0 Å². The molecule has 7 heteroatoms. The second-order valence-electron chi connectivity index (χ2n) is 6.20. The number of piperidine rings is 1. The summed E-state index contributed by atoms with van der Waals surface area (Å²) < 4.78 is 10.3. The fourth-order valence-electron chi connectivity index (χ4n) is 2.69. The van der Waals surface area contributed by atoms with Crippen molar-refractivity contribution in [2.24, 2.45) is 5.92 Å². The van der Waals surface area contributed by atoms with E-state index in [0.717, 1.165) is 31.3 Å². The summed E-state index contributed by atoms with van der Waals surface area (Å²) in [5.41, 5.74) is 1.29. The highest BCUT2D eigenvalue weighted by atomic mass is 16.6. The number of nitrogens with zero attached hydrogens (tertiary/aromatic N) is 3. The molecule has 1 aliphatic heterocycles. The summed E-state index contributed by atoms with van der Waals surface area (Å²) in [4.78, 5) is 14.5. The highest BCUT2D eigenvalue weighted by Gasteiger charge is 2.18. The van der Waals surface area contributed by atoms with Gasteiger partial charge in [-0.3, -0.25) is 9.69 Å². The summed E-state index contributed by atoms with van der Waals surface area (Å²) in [5.74, 6) is 1.69. The average Bonchev–Trinajstić information content (AvgIpc) is 3.16. The van der Waals surface area contributed by atoms with E-state index in [9.17, 15) is 4.79 Å². The van der Waals surface area contributed by atoms with Gasteiger partial charge in [0.15, 0.2) is 5.76 Å². The van der Waals surface area contributed by atoms with Crippen molar-refractivity contribution in [2.45, 2.75) is 39.8 Å². The number of likely N-dealkylation sites (tertiary alicyclic amines) is 1. The molecule has 1 fully saturated rings. The summed E-state index contributed by atoms with van der Waals surface area (Å²) in [7, 11) is 0. The molecular weight excluding hydrogens is 296 g/mol. The zero-order valence-electron chi connectivity index (χ0n) is 13.5. The molecule has 0 unspecified atom stereocenters. The van der Waals surface area contributed by atoms with Crippen molar-refractivity contribution in [2.75, 3.05) is 13.1 Å². The van der Waals surface area contributed by atoms with Crippen LogP contribution in [0.25, 0.3) is 0 Å². The molecule has 124 valence electrons. The van der Waals surface area contributed by atoms with E-state index in [1.165, 1.54) is 12.8 Å². The zero-order chi connectivity index (χ0) is 16.2. The van der Waals surface area contributed by atoms with E-state index in [2.05, 4.69) is 32.1 Å². The van der Waals surface area contributed by atoms with Crippen LogP contribution in [-0.2, 0) is 13.1 Å². The van der Waals surface area contributed by atoms with E-state index in [1.54, 1.807) is 13.0 Å². The Kier molecular flexibility index (Phi) is 4.76. The van der Waals surface area contributed by atoms with Gasteiger partial charge in [-0.2, -0.15) is 0 Å². The number of aromatic nitrogens is 2. The van der Waals surface area contributed by atoms with Crippen LogP contribution in [0.2, 0.25) is 0 Å².